The Morgan fingerprint density at radius 3 is 2.64 bits per heavy atom. The quantitative estimate of drug-likeness (QED) is 0.697. The third kappa shape index (κ3) is 3.69. The van der Waals surface area contributed by atoms with E-state index in [1.54, 1.807) is 12.3 Å². The maximum absolute atomic E-state index is 12.6. The number of anilines is 3. The summed E-state index contributed by atoms with van der Waals surface area (Å²) in [5.41, 5.74) is 4.55. The highest BCUT2D eigenvalue weighted by Crippen LogP contribution is 2.33. The Morgan fingerprint density at radius 1 is 1.07 bits per heavy atom. The smallest absolute Gasteiger partial charge is 0.274 e. The molecule has 0 saturated heterocycles. The molecule has 0 saturated carbocycles. The minimum absolute atomic E-state index is 0.0267. The van der Waals surface area contributed by atoms with Gasteiger partial charge in [0.1, 0.15) is 11.4 Å². The number of pyridine rings is 1. The van der Waals surface area contributed by atoms with Gasteiger partial charge < -0.3 is 15.0 Å². The van der Waals surface area contributed by atoms with Crippen LogP contribution in [0.25, 0.3) is 0 Å². The van der Waals surface area contributed by atoms with Crippen LogP contribution in [0.15, 0.2) is 66.9 Å². The Bertz CT molecular complexity index is 983. The zero-order valence-corrected chi connectivity index (χ0v) is 16.1. The molecule has 3 aromatic rings. The first-order chi connectivity index (χ1) is 13.6. The second kappa shape index (κ2) is 7.72. The SMILES string of the molecule is CC(C)Oc1ccccc1NC(=O)c1ccc(N2CCc3ccccc32)cn1. The molecule has 0 unspecified atom stereocenters. The lowest BCUT2D eigenvalue weighted by Crippen LogP contribution is -2.17. The van der Waals surface area contributed by atoms with E-state index in [9.17, 15) is 4.79 Å². The third-order valence-corrected chi connectivity index (χ3v) is 4.68. The van der Waals surface area contributed by atoms with Crippen molar-refractivity contribution in [2.45, 2.75) is 26.4 Å². The van der Waals surface area contributed by atoms with E-state index in [1.165, 1.54) is 11.3 Å². The zero-order valence-electron chi connectivity index (χ0n) is 16.1. The zero-order chi connectivity index (χ0) is 19.5. The van der Waals surface area contributed by atoms with Gasteiger partial charge in [-0.3, -0.25) is 4.79 Å². The van der Waals surface area contributed by atoms with Crippen molar-refractivity contribution >= 4 is 23.0 Å². The Morgan fingerprint density at radius 2 is 1.86 bits per heavy atom. The lowest BCUT2D eigenvalue weighted by molar-refractivity contribution is 0.102. The third-order valence-electron chi connectivity index (χ3n) is 4.68. The molecule has 1 N–H and O–H groups in total. The maximum atomic E-state index is 12.6. The first-order valence-electron chi connectivity index (χ1n) is 9.50. The van der Waals surface area contributed by atoms with Gasteiger partial charge in [-0.25, -0.2) is 4.98 Å². The van der Waals surface area contributed by atoms with Gasteiger partial charge in [0.15, 0.2) is 0 Å². The van der Waals surface area contributed by atoms with Crippen molar-refractivity contribution < 1.29 is 9.53 Å². The van der Waals surface area contributed by atoms with Crippen molar-refractivity contribution in [3.05, 3.63) is 78.1 Å². The highest BCUT2D eigenvalue weighted by molar-refractivity contribution is 6.03. The number of carbonyl (C=O) groups excluding carboxylic acids is 1. The van der Waals surface area contributed by atoms with Gasteiger partial charge in [0.05, 0.1) is 23.7 Å². The lowest BCUT2D eigenvalue weighted by Gasteiger charge is -2.19. The number of fused-ring (bicyclic) bond motifs is 1. The molecular formula is C23H23N3O2. The molecule has 1 aromatic heterocycles. The van der Waals surface area contributed by atoms with Crippen molar-refractivity contribution in [2.24, 2.45) is 0 Å². The fraction of sp³-hybridized carbons (Fsp3) is 0.217. The first kappa shape index (κ1) is 18.0. The summed E-state index contributed by atoms with van der Waals surface area (Å²) < 4.78 is 5.76. The molecule has 0 atom stereocenters. The van der Waals surface area contributed by atoms with Gasteiger partial charge in [0.2, 0.25) is 0 Å². The van der Waals surface area contributed by atoms with Crippen LogP contribution in [-0.2, 0) is 6.42 Å². The van der Waals surface area contributed by atoms with Crippen LogP contribution < -0.4 is 15.0 Å². The van der Waals surface area contributed by atoms with Crippen LogP contribution >= 0.6 is 0 Å². The van der Waals surface area contributed by atoms with Crippen molar-refractivity contribution in [2.75, 3.05) is 16.8 Å². The van der Waals surface area contributed by atoms with E-state index in [-0.39, 0.29) is 12.0 Å². The van der Waals surface area contributed by atoms with Crippen LogP contribution in [0.4, 0.5) is 17.1 Å². The second-order valence-electron chi connectivity index (χ2n) is 7.05. The highest BCUT2D eigenvalue weighted by Gasteiger charge is 2.20. The number of hydrogen-bond acceptors (Lipinski definition) is 4. The standard InChI is InChI=1S/C23H23N3O2/c1-16(2)28-22-10-6-4-8-19(22)25-23(27)20-12-11-18(15-24-20)26-14-13-17-7-3-5-9-21(17)26/h3-12,15-16H,13-14H2,1-2H3,(H,25,27). The van der Waals surface area contributed by atoms with Gasteiger partial charge >= 0.3 is 0 Å². The van der Waals surface area contributed by atoms with E-state index in [1.807, 2.05) is 50.2 Å². The summed E-state index contributed by atoms with van der Waals surface area (Å²) in [6, 6.07) is 19.5. The molecule has 4 rings (SSSR count). The van der Waals surface area contributed by atoms with Crippen LogP contribution in [0.1, 0.15) is 29.9 Å². The normalized spacial score (nSPS) is 12.8. The Kier molecular flexibility index (Phi) is 4.98. The summed E-state index contributed by atoms with van der Waals surface area (Å²) in [4.78, 5) is 19.3. The Balaban J connectivity index is 1.50. The average Bonchev–Trinajstić information content (AvgIpc) is 3.13. The van der Waals surface area contributed by atoms with Crippen LogP contribution in [0.3, 0.4) is 0 Å². The summed E-state index contributed by atoms with van der Waals surface area (Å²) in [5.74, 6) is 0.393. The van der Waals surface area contributed by atoms with Gasteiger partial charge in [-0.2, -0.15) is 0 Å². The number of aromatic nitrogens is 1. The van der Waals surface area contributed by atoms with Gasteiger partial charge in [0.25, 0.3) is 5.91 Å². The predicted molar refractivity (Wildman–Crippen MR) is 112 cm³/mol. The number of hydrogen-bond donors (Lipinski definition) is 1. The van der Waals surface area contributed by atoms with E-state index in [0.29, 0.717) is 17.1 Å². The van der Waals surface area contributed by atoms with Crippen LogP contribution in [0.2, 0.25) is 0 Å². The Labute approximate surface area is 165 Å². The van der Waals surface area contributed by atoms with Crippen molar-refractivity contribution in [1.29, 1.82) is 0 Å². The summed E-state index contributed by atoms with van der Waals surface area (Å²) in [5, 5.41) is 2.90. The monoisotopic (exact) mass is 373 g/mol. The van der Waals surface area contributed by atoms with Crippen molar-refractivity contribution in [1.82, 2.24) is 4.98 Å². The predicted octanol–water partition coefficient (Wildman–Crippen LogP) is 4.82. The van der Waals surface area contributed by atoms with Crippen LogP contribution in [-0.4, -0.2) is 23.5 Å². The number of amides is 1. The molecule has 5 nitrogen and oxygen atoms in total. The van der Waals surface area contributed by atoms with Gasteiger partial charge in [-0.1, -0.05) is 30.3 Å². The first-order valence-corrected chi connectivity index (χ1v) is 9.50. The van der Waals surface area contributed by atoms with E-state index in [4.69, 9.17) is 4.74 Å². The van der Waals surface area contributed by atoms with Gasteiger partial charge in [-0.05, 0) is 56.2 Å². The molecule has 0 spiro atoms. The van der Waals surface area contributed by atoms with Gasteiger partial charge in [0, 0.05) is 12.2 Å². The molecular weight excluding hydrogens is 350 g/mol. The second-order valence-corrected chi connectivity index (χ2v) is 7.05. The summed E-state index contributed by atoms with van der Waals surface area (Å²) in [6.07, 6.45) is 2.80. The summed E-state index contributed by atoms with van der Waals surface area (Å²) in [6.45, 7) is 4.83. The molecule has 28 heavy (non-hydrogen) atoms. The van der Waals surface area contributed by atoms with Crippen LogP contribution in [0.5, 0.6) is 5.75 Å². The average molecular weight is 373 g/mol. The molecule has 0 aliphatic carbocycles. The molecule has 1 aliphatic heterocycles. The topological polar surface area (TPSA) is 54.5 Å². The number of rotatable bonds is 5. The van der Waals surface area contributed by atoms with E-state index >= 15 is 0 Å². The largest absolute Gasteiger partial charge is 0.489 e. The van der Waals surface area contributed by atoms with Crippen molar-refractivity contribution in [3.63, 3.8) is 0 Å². The lowest BCUT2D eigenvalue weighted by atomic mass is 10.2. The number of para-hydroxylation sites is 3. The molecule has 1 amide bonds. The number of nitrogens with zero attached hydrogens (tertiary/aromatic N) is 2. The fourth-order valence-corrected chi connectivity index (χ4v) is 3.40. The molecule has 142 valence electrons. The minimum atomic E-state index is -0.256. The highest BCUT2D eigenvalue weighted by atomic mass is 16.5. The summed E-state index contributed by atoms with van der Waals surface area (Å²) in [7, 11) is 0. The number of ether oxygens (including phenoxy) is 1. The molecule has 1 aliphatic rings. The molecule has 0 bridgehead atoms. The van der Waals surface area contributed by atoms with E-state index in [2.05, 4.69) is 33.4 Å². The number of benzene rings is 2. The van der Waals surface area contributed by atoms with E-state index in [0.717, 1.165) is 18.7 Å². The molecule has 0 radical (unpaired) electrons. The van der Waals surface area contributed by atoms with Crippen molar-refractivity contribution in [3.8, 4) is 5.75 Å². The molecule has 0 fully saturated rings. The number of nitrogens with one attached hydrogen (secondary N) is 1. The van der Waals surface area contributed by atoms with Gasteiger partial charge in [-0.15, -0.1) is 0 Å². The summed E-state index contributed by atoms with van der Waals surface area (Å²) >= 11 is 0. The minimum Gasteiger partial charge on any atom is -0.489 e. The van der Waals surface area contributed by atoms with Crippen LogP contribution in [0, 0.1) is 0 Å². The van der Waals surface area contributed by atoms with E-state index < -0.39 is 0 Å². The molecule has 2 aromatic carbocycles. The maximum Gasteiger partial charge on any atom is 0.274 e. The molecule has 2 heterocycles. The molecule has 5 heteroatoms. The fourth-order valence-electron chi connectivity index (χ4n) is 3.40. The number of carbonyl (C=O) groups is 1. The Hall–Kier alpha value is -3.34.